The highest BCUT2D eigenvalue weighted by atomic mass is 16.6. The van der Waals surface area contributed by atoms with Gasteiger partial charge in [-0.25, -0.2) is 0 Å². The lowest BCUT2D eigenvalue weighted by atomic mass is 10.3. The summed E-state index contributed by atoms with van der Waals surface area (Å²) in [4.78, 5) is 21.5. The summed E-state index contributed by atoms with van der Waals surface area (Å²) in [6.45, 7) is 0.932. The van der Waals surface area contributed by atoms with Crippen molar-refractivity contribution < 1.29 is 24.3 Å². The number of benzene rings is 1. The summed E-state index contributed by atoms with van der Waals surface area (Å²) in [5.41, 5.74) is -0.0889. The Hall–Kier alpha value is -2.19. The van der Waals surface area contributed by atoms with Crippen molar-refractivity contribution in [3.63, 3.8) is 0 Å². The van der Waals surface area contributed by atoms with Gasteiger partial charge in [-0.2, -0.15) is 0 Å². The van der Waals surface area contributed by atoms with Gasteiger partial charge >= 0.3 is 0 Å². The largest absolute Gasteiger partial charge is 0.484 e. The predicted molar refractivity (Wildman–Crippen MR) is 74.1 cm³/mol. The van der Waals surface area contributed by atoms with Crippen molar-refractivity contribution in [1.29, 1.82) is 0 Å². The summed E-state index contributed by atoms with van der Waals surface area (Å²) < 4.78 is 10.2. The van der Waals surface area contributed by atoms with Crippen LogP contribution in [0.5, 0.6) is 5.75 Å². The Bertz CT molecular complexity index is 466. The van der Waals surface area contributed by atoms with Crippen molar-refractivity contribution in [2.24, 2.45) is 0 Å². The van der Waals surface area contributed by atoms with Crippen LogP contribution in [-0.4, -0.2) is 48.9 Å². The molecule has 0 unspecified atom stereocenters. The zero-order valence-corrected chi connectivity index (χ0v) is 11.5. The number of rotatable bonds is 10. The van der Waals surface area contributed by atoms with Crippen LogP contribution >= 0.6 is 0 Å². The molecule has 8 heteroatoms. The molecule has 0 radical (unpaired) electrons. The Balaban J connectivity index is 2.21. The average molecular weight is 298 g/mol. The minimum atomic E-state index is -0.528. The maximum atomic E-state index is 11.5. The molecule has 8 nitrogen and oxygen atoms in total. The molecule has 0 fully saturated rings. The molecular weight excluding hydrogens is 280 g/mol. The summed E-state index contributed by atoms with van der Waals surface area (Å²) in [5.74, 6) is -0.0470. The number of non-ortho nitro benzene ring substituents is 1. The molecule has 0 aliphatic heterocycles. The van der Waals surface area contributed by atoms with Gasteiger partial charge in [-0.1, -0.05) is 6.07 Å². The van der Waals surface area contributed by atoms with Crippen LogP contribution in [0, 0.1) is 10.1 Å². The second-order valence-electron chi connectivity index (χ2n) is 4.08. The summed E-state index contributed by atoms with van der Waals surface area (Å²) in [5, 5.41) is 21.7. The van der Waals surface area contributed by atoms with Crippen LogP contribution in [0.4, 0.5) is 5.69 Å². The number of ether oxygens (including phenoxy) is 2. The molecule has 0 bridgehead atoms. The number of nitro benzene ring substituents is 1. The van der Waals surface area contributed by atoms with Crippen molar-refractivity contribution in [3.8, 4) is 5.75 Å². The number of carbonyl (C=O) groups excluding carboxylic acids is 1. The van der Waals surface area contributed by atoms with Gasteiger partial charge in [0.15, 0.2) is 6.61 Å². The number of hydrogen-bond acceptors (Lipinski definition) is 6. The molecule has 0 spiro atoms. The van der Waals surface area contributed by atoms with Crippen LogP contribution in [0.1, 0.15) is 6.42 Å². The molecule has 0 saturated carbocycles. The van der Waals surface area contributed by atoms with Crippen molar-refractivity contribution >= 4 is 11.6 Å². The Labute approximate surface area is 121 Å². The number of carbonyl (C=O) groups is 1. The van der Waals surface area contributed by atoms with Crippen molar-refractivity contribution in [3.05, 3.63) is 34.4 Å². The van der Waals surface area contributed by atoms with Gasteiger partial charge in [0.2, 0.25) is 0 Å². The van der Waals surface area contributed by atoms with Crippen LogP contribution in [-0.2, 0) is 9.53 Å². The minimum Gasteiger partial charge on any atom is -0.484 e. The maximum absolute atomic E-state index is 11.5. The van der Waals surface area contributed by atoms with E-state index in [0.29, 0.717) is 19.6 Å². The highest BCUT2D eigenvalue weighted by Gasteiger charge is 2.07. The van der Waals surface area contributed by atoms with Crippen LogP contribution in [0.15, 0.2) is 24.3 Å². The summed E-state index contributed by atoms with van der Waals surface area (Å²) in [6, 6.07) is 5.64. The minimum absolute atomic E-state index is 0.0244. The fourth-order valence-corrected chi connectivity index (χ4v) is 1.46. The van der Waals surface area contributed by atoms with Crippen LogP contribution in [0.25, 0.3) is 0 Å². The fraction of sp³-hybridized carbons (Fsp3) is 0.462. The number of aliphatic hydroxyl groups excluding tert-OH is 1. The molecule has 0 aliphatic carbocycles. The van der Waals surface area contributed by atoms with E-state index in [0.717, 1.165) is 0 Å². The van der Waals surface area contributed by atoms with Crippen molar-refractivity contribution in [2.45, 2.75) is 6.42 Å². The van der Waals surface area contributed by atoms with Gasteiger partial charge in [0.25, 0.3) is 11.6 Å². The van der Waals surface area contributed by atoms with Crippen molar-refractivity contribution in [2.75, 3.05) is 33.0 Å². The second kappa shape index (κ2) is 9.67. The molecule has 1 aromatic rings. The molecule has 1 aromatic carbocycles. The number of hydrogen-bond donors (Lipinski definition) is 2. The number of amides is 1. The van der Waals surface area contributed by atoms with Gasteiger partial charge in [-0.15, -0.1) is 0 Å². The maximum Gasteiger partial charge on any atom is 0.273 e. The Kier molecular flexibility index (Phi) is 7.77. The first-order valence-corrected chi connectivity index (χ1v) is 6.46. The highest BCUT2D eigenvalue weighted by molar-refractivity contribution is 5.77. The zero-order valence-electron chi connectivity index (χ0n) is 11.5. The third kappa shape index (κ3) is 7.23. The normalized spacial score (nSPS) is 10.1. The number of nitrogens with one attached hydrogen (secondary N) is 1. The number of aliphatic hydroxyl groups is 1. The quantitative estimate of drug-likeness (QED) is 0.369. The van der Waals surface area contributed by atoms with Crippen LogP contribution < -0.4 is 10.1 Å². The number of nitro groups is 1. The molecule has 0 aromatic heterocycles. The van der Waals surface area contributed by atoms with E-state index in [4.69, 9.17) is 14.6 Å². The lowest BCUT2D eigenvalue weighted by molar-refractivity contribution is -0.384. The molecule has 21 heavy (non-hydrogen) atoms. The van der Waals surface area contributed by atoms with E-state index in [1.165, 1.54) is 18.2 Å². The molecule has 1 rings (SSSR count). The highest BCUT2D eigenvalue weighted by Crippen LogP contribution is 2.18. The lowest BCUT2D eigenvalue weighted by Crippen LogP contribution is -2.30. The van der Waals surface area contributed by atoms with Gasteiger partial charge in [-0.05, 0) is 12.5 Å². The van der Waals surface area contributed by atoms with Crippen LogP contribution in [0.2, 0.25) is 0 Å². The van der Waals surface area contributed by atoms with Gasteiger partial charge in [0.1, 0.15) is 5.75 Å². The molecule has 1 amide bonds. The lowest BCUT2D eigenvalue weighted by Gasteiger charge is -2.07. The fourth-order valence-electron chi connectivity index (χ4n) is 1.46. The SMILES string of the molecule is O=C(COc1cccc([N+](=O)[O-])c1)NCCCOCCO. The number of nitrogens with zero attached hydrogens (tertiary/aromatic N) is 1. The first-order chi connectivity index (χ1) is 10.1. The zero-order chi connectivity index (χ0) is 15.5. The standard InChI is InChI=1S/C13H18N2O6/c16-6-8-20-7-2-5-14-13(17)10-21-12-4-1-3-11(9-12)15(18)19/h1,3-4,9,16H,2,5-8,10H2,(H,14,17). The molecule has 0 saturated heterocycles. The smallest absolute Gasteiger partial charge is 0.273 e. The Morgan fingerprint density at radius 3 is 2.90 bits per heavy atom. The van der Waals surface area contributed by atoms with Gasteiger partial charge in [0, 0.05) is 19.2 Å². The summed E-state index contributed by atoms with van der Waals surface area (Å²) >= 11 is 0. The van der Waals surface area contributed by atoms with Crippen LogP contribution in [0.3, 0.4) is 0 Å². The molecule has 116 valence electrons. The molecular formula is C13H18N2O6. The van der Waals surface area contributed by atoms with E-state index < -0.39 is 4.92 Å². The molecule has 2 N–H and O–H groups in total. The third-order valence-electron chi connectivity index (χ3n) is 2.42. The molecule has 0 atom stereocenters. The third-order valence-corrected chi connectivity index (χ3v) is 2.42. The van der Waals surface area contributed by atoms with E-state index >= 15 is 0 Å². The first kappa shape index (κ1) is 16.9. The van der Waals surface area contributed by atoms with E-state index in [1.807, 2.05) is 0 Å². The van der Waals surface area contributed by atoms with E-state index in [9.17, 15) is 14.9 Å². The first-order valence-electron chi connectivity index (χ1n) is 6.46. The molecule has 0 heterocycles. The topological polar surface area (TPSA) is 111 Å². The average Bonchev–Trinajstić information content (AvgIpc) is 2.49. The summed E-state index contributed by atoms with van der Waals surface area (Å²) in [7, 11) is 0. The van der Waals surface area contributed by atoms with Gasteiger partial charge in [-0.3, -0.25) is 14.9 Å². The van der Waals surface area contributed by atoms with Crippen molar-refractivity contribution in [1.82, 2.24) is 5.32 Å². The molecule has 0 aliphatic rings. The van der Waals surface area contributed by atoms with E-state index in [-0.39, 0.29) is 37.2 Å². The van der Waals surface area contributed by atoms with E-state index in [2.05, 4.69) is 5.32 Å². The predicted octanol–water partition coefficient (Wildman–Crippen LogP) is 0.489. The summed E-state index contributed by atoms with van der Waals surface area (Å²) in [6.07, 6.45) is 0.628. The monoisotopic (exact) mass is 298 g/mol. The Morgan fingerprint density at radius 1 is 1.38 bits per heavy atom. The second-order valence-corrected chi connectivity index (χ2v) is 4.08. The Morgan fingerprint density at radius 2 is 2.19 bits per heavy atom. The van der Waals surface area contributed by atoms with E-state index in [1.54, 1.807) is 6.07 Å². The van der Waals surface area contributed by atoms with Gasteiger partial charge in [0.05, 0.1) is 24.2 Å². The van der Waals surface area contributed by atoms with Gasteiger partial charge < -0.3 is 19.9 Å².